The first-order valence-corrected chi connectivity index (χ1v) is 11.1. The second-order valence-electron chi connectivity index (χ2n) is 6.99. The molecule has 27 heavy (non-hydrogen) atoms. The van der Waals surface area contributed by atoms with Gasteiger partial charge in [0.15, 0.2) is 0 Å². The van der Waals surface area contributed by atoms with Gasteiger partial charge in [-0.15, -0.1) is 0 Å². The molecule has 1 aromatic rings. The van der Waals surface area contributed by atoms with Gasteiger partial charge in [-0.05, 0) is 56.4 Å². The predicted molar refractivity (Wildman–Crippen MR) is 104 cm³/mol. The zero-order valence-electron chi connectivity index (χ0n) is 15.4. The first-order chi connectivity index (χ1) is 13.0. The van der Waals surface area contributed by atoms with Crippen LogP contribution in [0.15, 0.2) is 34.2 Å². The van der Waals surface area contributed by atoms with E-state index in [0.29, 0.717) is 37.3 Å². The summed E-state index contributed by atoms with van der Waals surface area (Å²) in [6.07, 6.45) is 7.01. The topological polar surface area (TPSA) is 96.9 Å². The van der Waals surface area contributed by atoms with Crippen molar-refractivity contribution in [1.82, 2.24) is 4.72 Å². The maximum Gasteiger partial charge on any atom is 0.262 e. The van der Waals surface area contributed by atoms with Crippen LogP contribution >= 0.6 is 0 Å². The Kier molecular flexibility index (Phi) is 6.84. The molecular weight excluding hydrogens is 366 g/mol. The fourth-order valence-electron chi connectivity index (χ4n) is 3.28. The number of rotatable bonds is 6. The lowest BCUT2D eigenvalue weighted by molar-refractivity contribution is -0.116. The highest BCUT2D eigenvalue weighted by Gasteiger charge is 2.18. The zero-order chi connectivity index (χ0) is 19.1. The smallest absolute Gasteiger partial charge is 0.262 e. The lowest BCUT2D eigenvalue weighted by Gasteiger charge is -2.11. The van der Waals surface area contributed by atoms with Crippen LogP contribution in [-0.2, 0) is 19.6 Å². The summed E-state index contributed by atoms with van der Waals surface area (Å²) in [5, 5.41) is 2.80. The van der Waals surface area contributed by atoms with Crippen LogP contribution in [0.2, 0.25) is 0 Å². The van der Waals surface area contributed by atoms with Gasteiger partial charge in [-0.25, -0.2) is 8.42 Å². The Balaban J connectivity index is 1.53. The Bertz CT molecular complexity index is 769. The highest BCUT2D eigenvalue weighted by atomic mass is 32.2. The molecule has 3 rings (SSSR count). The molecule has 0 saturated carbocycles. The lowest BCUT2D eigenvalue weighted by Crippen LogP contribution is -2.30. The largest absolute Gasteiger partial charge is 0.378 e. The van der Waals surface area contributed by atoms with E-state index in [1.54, 1.807) is 12.1 Å². The second-order valence-corrected chi connectivity index (χ2v) is 8.67. The minimum Gasteiger partial charge on any atom is -0.378 e. The Morgan fingerprint density at radius 3 is 2.70 bits per heavy atom. The molecule has 2 aliphatic rings. The molecule has 2 N–H and O–H groups in total. The molecule has 1 saturated heterocycles. The van der Waals surface area contributed by atoms with Gasteiger partial charge >= 0.3 is 0 Å². The molecule has 0 radical (unpaired) electrons. The van der Waals surface area contributed by atoms with E-state index in [0.717, 1.165) is 38.7 Å². The summed E-state index contributed by atoms with van der Waals surface area (Å²) in [6.45, 7) is 1.44. The van der Waals surface area contributed by atoms with Gasteiger partial charge in [-0.2, -0.15) is 0 Å². The Morgan fingerprint density at radius 2 is 1.96 bits per heavy atom. The monoisotopic (exact) mass is 393 g/mol. The molecular formula is C19H27N3O4S. The highest BCUT2D eigenvalue weighted by molar-refractivity contribution is 7.90. The third-order valence-corrected chi connectivity index (χ3v) is 6.19. The number of ether oxygens (including phenoxy) is 1. The van der Waals surface area contributed by atoms with Crippen molar-refractivity contribution in [3.63, 3.8) is 0 Å². The normalized spacial score (nSPS) is 20.6. The zero-order valence-corrected chi connectivity index (χ0v) is 16.3. The summed E-state index contributed by atoms with van der Waals surface area (Å²) in [5.41, 5.74) is 0.582. The van der Waals surface area contributed by atoms with Crippen LogP contribution in [0.1, 0.15) is 51.4 Å². The van der Waals surface area contributed by atoms with E-state index in [4.69, 9.17) is 4.74 Å². The van der Waals surface area contributed by atoms with Crippen molar-refractivity contribution >= 4 is 27.5 Å². The molecule has 0 bridgehead atoms. The van der Waals surface area contributed by atoms with Crippen LogP contribution in [0.5, 0.6) is 0 Å². The maximum atomic E-state index is 12.5. The number of benzene rings is 1. The van der Waals surface area contributed by atoms with E-state index in [2.05, 4.69) is 15.0 Å². The SMILES string of the molecule is O=C(CCC1CCCO1)Nc1ccc(S(=O)(=O)NC2=NCCCCC2)cc1. The number of hydrogen-bond donors (Lipinski definition) is 2. The molecule has 1 amide bonds. The van der Waals surface area contributed by atoms with Gasteiger partial charge in [0.05, 0.1) is 11.0 Å². The van der Waals surface area contributed by atoms with Crippen molar-refractivity contribution in [1.29, 1.82) is 0 Å². The molecule has 2 heterocycles. The van der Waals surface area contributed by atoms with Crippen LogP contribution in [0.25, 0.3) is 0 Å². The summed E-state index contributed by atoms with van der Waals surface area (Å²) < 4.78 is 33.1. The molecule has 8 heteroatoms. The fourth-order valence-corrected chi connectivity index (χ4v) is 4.37. The van der Waals surface area contributed by atoms with Gasteiger partial charge in [-0.3, -0.25) is 14.5 Å². The molecule has 1 aromatic carbocycles. The van der Waals surface area contributed by atoms with Crippen molar-refractivity contribution in [3.05, 3.63) is 24.3 Å². The molecule has 1 fully saturated rings. The number of amides is 1. The van der Waals surface area contributed by atoms with Gasteiger partial charge in [0.1, 0.15) is 5.84 Å². The number of nitrogens with zero attached hydrogens (tertiary/aromatic N) is 1. The summed E-state index contributed by atoms with van der Waals surface area (Å²) in [5.74, 6) is 0.436. The van der Waals surface area contributed by atoms with Crippen molar-refractivity contribution in [2.45, 2.75) is 62.4 Å². The standard InChI is InChI=1S/C19H27N3O4S/c23-19(12-9-16-5-4-14-26-16)21-15-7-10-17(11-8-15)27(24,25)22-18-6-2-1-3-13-20-18/h7-8,10-11,16H,1-6,9,12-14H2,(H,20,22)(H,21,23). The molecule has 1 atom stereocenters. The van der Waals surface area contributed by atoms with E-state index >= 15 is 0 Å². The number of anilines is 1. The Labute approximate surface area is 160 Å². The van der Waals surface area contributed by atoms with E-state index in [9.17, 15) is 13.2 Å². The van der Waals surface area contributed by atoms with Crippen molar-refractivity contribution in [3.8, 4) is 0 Å². The number of aliphatic imine (C=N–C) groups is 1. The highest BCUT2D eigenvalue weighted by Crippen LogP contribution is 2.18. The van der Waals surface area contributed by atoms with Crippen LogP contribution in [0, 0.1) is 0 Å². The van der Waals surface area contributed by atoms with Crippen molar-refractivity contribution in [2.75, 3.05) is 18.5 Å². The van der Waals surface area contributed by atoms with Gasteiger partial charge in [-0.1, -0.05) is 6.42 Å². The average molecular weight is 394 g/mol. The number of carbonyl (C=O) groups is 1. The average Bonchev–Trinajstić information content (AvgIpc) is 3.04. The summed E-state index contributed by atoms with van der Waals surface area (Å²) >= 11 is 0. The molecule has 2 aliphatic heterocycles. The third kappa shape index (κ3) is 6.04. The maximum absolute atomic E-state index is 12.5. The molecule has 0 spiro atoms. The molecule has 148 valence electrons. The van der Waals surface area contributed by atoms with Crippen LogP contribution in [0.4, 0.5) is 5.69 Å². The first-order valence-electron chi connectivity index (χ1n) is 9.60. The molecule has 0 aliphatic carbocycles. The van der Waals surface area contributed by atoms with Crippen LogP contribution in [0.3, 0.4) is 0 Å². The predicted octanol–water partition coefficient (Wildman–Crippen LogP) is 2.84. The van der Waals surface area contributed by atoms with E-state index in [1.165, 1.54) is 12.1 Å². The van der Waals surface area contributed by atoms with Gasteiger partial charge in [0.2, 0.25) is 5.91 Å². The van der Waals surface area contributed by atoms with E-state index in [1.807, 2.05) is 0 Å². The van der Waals surface area contributed by atoms with Crippen LogP contribution in [-0.4, -0.2) is 39.4 Å². The minimum atomic E-state index is -3.65. The van der Waals surface area contributed by atoms with Gasteiger partial charge in [0.25, 0.3) is 10.0 Å². The molecule has 0 aromatic heterocycles. The fraction of sp³-hybridized carbons (Fsp3) is 0.579. The molecule has 7 nitrogen and oxygen atoms in total. The van der Waals surface area contributed by atoms with E-state index in [-0.39, 0.29) is 16.9 Å². The summed E-state index contributed by atoms with van der Waals surface area (Å²) in [4.78, 5) is 16.5. The lowest BCUT2D eigenvalue weighted by atomic mass is 10.1. The number of hydrogen-bond acceptors (Lipinski definition) is 5. The number of carbonyl (C=O) groups excluding carboxylic acids is 1. The number of nitrogens with one attached hydrogen (secondary N) is 2. The Hall–Kier alpha value is -1.93. The van der Waals surface area contributed by atoms with Crippen LogP contribution < -0.4 is 10.0 Å². The van der Waals surface area contributed by atoms with Crippen molar-refractivity contribution < 1.29 is 17.9 Å². The number of amidine groups is 1. The summed E-state index contributed by atoms with van der Waals surface area (Å²) in [6, 6.07) is 6.20. The third-order valence-electron chi connectivity index (χ3n) is 4.79. The van der Waals surface area contributed by atoms with E-state index < -0.39 is 10.0 Å². The second kappa shape index (κ2) is 9.32. The quantitative estimate of drug-likeness (QED) is 0.777. The Morgan fingerprint density at radius 1 is 1.15 bits per heavy atom. The van der Waals surface area contributed by atoms with Gasteiger partial charge in [0, 0.05) is 31.7 Å². The number of sulfonamides is 1. The summed E-state index contributed by atoms with van der Waals surface area (Å²) in [7, 11) is -3.65. The first kappa shape index (κ1) is 19.8. The molecule has 1 unspecified atom stereocenters. The minimum absolute atomic E-state index is 0.0907. The van der Waals surface area contributed by atoms with Gasteiger partial charge < -0.3 is 10.1 Å². The van der Waals surface area contributed by atoms with Crippen molar-refractivity contribution in [2.24, 2.45) is 4.99 Å².